The van der Waals surface area contributed by atoms with Crippen LogP contribution in [0.1, 0.15) is 0 Å². The summed E-state index contributed by atoms with van der Waals surface area (Å²) in [5.41, 5.74) is 0. The van der Waals surface area contributed by atoms with Gasteiger partial charge in [0.25, 0.3) is 0 Å². The van der Waals surface area contributed by atoms with Gasteiger partial charge < -0.3 is 4.74 Å². The number of aromatic nitrogens is 1. The van der Waals surface area contributed by atoms with Crippen molar-refractivity contribution in [1.82, 2.24) is 4.98 Å². The van der Waals surface area contributed by atoms with Crippen molar-refractivity contribution in [3.63, 3.8) is 0 Å². The van der Waals surface area contributed by atoms with E-state index in [9.17, 15) is 0 Å². The third-order valence-corrected chi connectivity index (χ3v) is 3.11. The van der Waals surface area contributed by atoms with Gasteiger partial charge >= 0.3 is 0 Å². The Labute approximate surface area is 105 Å². The van der Waals surface area contributed by atoms with E-state index in [1.165, 1.54) is 10.1 Å². The second-order valence-electron chi connectivity index (χ2n) is 3.33. The van der Waals surface area contributed by atoms with Crippen LogP contribution in [0.25, 0.3) is 10.1 Å². The molecule has 1 aromatic carbocycles. The fraction of sp³-hybridized carbons (Fsp3) is 0.0714. The van der Waals surface area contributed by atoms with Crippen LogP contribution in [0.15, 0.2) is 60.1 Å². The zero-order chi connectivity index (χ0) is 11.9. The first-order chi connectivity index (χ1) is 8.40. The van der Waals surface area contributed by atoms with Crippen molar-refractivity contribution in [1.29, 1.82) is 0 Å². The minimum absolute atomic E-state index is 0.660. The van der Waals surface area contributed by atoms with E-state index in [1.807, 2.05) is 12.1 Å². The molecule has 0 spiro atoms. The van der Waals surface area contributed by atoms with Gasteiger partial charge in [-0.15, -0.1) is 11.3 Å². The average Bonchev–Trinajstić information content (AvgIpc) is 2.89. The average molecular weight is 243 g/mol. The number of ether oxygens (including phenoxy) is 1. The summed E-state index contributed by atoms with van der Waals surface area (Å²) in [6.07, 6.45) is 1.69. The molecule has 0 fully saturated rings. The van der Waals surface area contributed by atoms with Crippen molar-refractivity contribution in [3.05, 3.63) is 60.1 Å². The SMILES string of the molecule is COc1ccccn1.c1ccc2sccc2c1. The van der Waals surface area contributed by atoms with Gasteiger partial charge in [0, 0.05) is 17.0 Å². The Morgan fingerprint density at radius 1 is 1.00 bits per heavy atom. The topological polar surface area (TPSA) is 22.1 Å². The lowest BCUT2D eigenvalue weighted by molar-refractivity contribution is 0.398. The molecule has 0 radical (unpaired) electrons. The van der Waals surface area contributed by atoms with Crippen LogP contribution in [-0.4, -0.2) is 12.1 Å². The lowest BCUT2D eigenvalue weighted by Crippen LogP contribution is -1.83. The van der Waals surface area contributed by atoms with E-state index >= 15 is 0 Å². The van der Waals surface area contributed by atoms with E-state index in [2.05, 4.69) is 40.7 Å². The van der Waals surface area contributed by atoms with Gasteiger partial charge in [0.05, 0.1) is 7.11 Å². The maximum Gasteiger partial charge on any atom is 0.212 e. The summed E-state index contributed by atoms with van der Waals surface area (Å²) >= 11 is 1.79. The quantitative estimate of drug-likeness (QED) is 0.644. The maximum atomic E-state index is 4.80. The van der Waals surface area contributed by atoms with Crippen LogP contribution in [0.2, 0.25) is 0 Å². The van der Waals surface area contributed by atoms with Crippen LogP contribution in [0.3, 0.4) is 0 Å². The maximum absolute atomic E-state index is 4.80. The summed E-state index contributed by atoms with van der Waals surface area (Å²) in [6, 6.07) is 16.1. The van der Waals surface area contributed by atoms with Gasteiger partial charge in [-0.1, -0.05) is 24.3 Å². The van der Waals surface area contributed by atoms with E-state index in [-0.39, 0.29) is 0 Å². The molecule has 0 N–H and O–H groups in total. The molecular formula is C14H13NOS. The fourth-order valence-electron chi connectivity index (χ4n) is 1.37. The van der Waals surface area contributed by atoms with E-state index < -0.39 is 0 Å². The molecular weight excluding hydrogens is 230 g/mol. The van der Waals surface area contributed by atoms with Gasteiger partial charge in [-0.3, -0.25) is 0 Å². The number of rotatable bonds is 1. The van der Waals surface area contributed by atoms with Gasteiger partial charge in [0.2, 0.25) is 5.88 Å². The molecule has 3 rings (SSSR count). The zero-order valence-electron chi connectivity index (χ0n) is 9.54. The van der Waals surface area contributed by atoms with E-state index in [1.54, 1.807) is 30.7 Å². The lowest BCUT2D eigenvalue weighted by atomic mass is 10.3. The first-order valence-electron chi connectivity index (χ1n) is 5.27. The standard InChI is InChI=1S/C8H6S.C6H7NO/c1-2-4-8-7(3-1)5-6-9-8;1-8-6-4-2-3-5-7-6/h1-6H;2-5H,1H3. The number of hydrogen-bond donors (Lipinski definition) is 0. The summed E-state index contributed by atoms with van der Waals surface area (Å²) in [4.78, 5) is 3.88. The molecule has 0 bridgehead atoms. The number of thiophene rings is 1. The number of pyridine rings is 1. The summed E-state index contributed by atoms with van der Waals surface area (Å²) < 4.78 is 6.18. The fourth-order valence-corrected chi connectivity index (χ4v) is 2.16. The van der Waals surface area contributed by atoms with Gasteiger partial charge in [0.15, 0.2) is 0 Å². The summed E-state index contributed by atoms with van der Waals surface area (Å²) in [5.74, 6) is 0.660. The molecule has 2 nitrogen and oxygen atoms in total. The molecule has 86 valence electrons. The van der Waals surface area contributed by atoms with Crippen molar-refractivity contribution >= 4 is 21.4 Å². The Bertz CT molecular complexity index is 532. The van der Waals surface area contributed by atoms with Gasteiger partial charge in [-0.05, 0) is 29.0 Å². The Balaban J connectivity index is 0.000000128. The molecule has 2 aromatic heterocycles. The third kappa shape index (κ3) is 3.29. The Morgan fingerprint density at radius 3 is 2.47 bits per heavy atom. The first-order valence-corrected chi connectivity index (χ1v) is 6.15. The number of nitrogens with zero attached hydrogens (tertiary/aromatic N) is 1. The summed E-state index contributed by atoms with van der Waals surface area (Å²) in [5, 5.41) is 3.47. The van der Waals surface area contributed by atoms with E-state index in [0.29, 0.717) is 5.88 Å². The molecule has 0 saturated carbocycles. The normalized spacial score (nSPS) is 9.47. The van der Waals surface area contributed by atoms with Gasteiger partial charge in [-0.2, -0.15) is 0 Å². The minimum atomic E-state index is 0.660. The molecule has 0 saturated heterocycles. The van der Waals surface area contributed by atoms with Crippen LogP contribution in [0, 0.1) is 0 Å². The number of methoxy groups -OCH3 is 1. The van der Waals surface area contributed by atoms with E-state index in [0.717, 1.165) is 0 Å². The largest absolute Gasteiger partial charge is 0.481 e. The van der Waals surface area contributed by atoms with Crippen molar-refractivity contribution < 1.29 is 4.74 Å². The number of hydrogen-bond acceptors (Lipinski definition) is 3. The highest BCUT2D eigenvalue weighted by Gasteiger charge is 1.87. The molecule has 0 atom stereocenters. The van der Waals surface area contributed by atoms with Crippen LogP contribution < -0.4 is 4.74 Å². The predicted molar refractivity (Wildman–Crippen MR) is 72.6 cm³/mol. The van der Waals surface area contributed by atoms with Crippen molar-refractivity contribution in [2.75, 3.05) is 7.11 Å². The number of fused-ring (bicyclic) bond motifs is 1. The highest BCUT2D eigenvalue weighted by Crippen LogP contribution is 2.18. The number of benzene rings is 1. The van der Waals surface area contributed by atoms with Crippen LogP contribution in [-0.2, 0) is 0 Å². The summed E-state index contributed by atoms with van der Waals surface area (Å²) in [6.45, 7) is 0. The third-order valence-electron chi connectivity index (χ3n) is 2.21. The van der Waals surface area contributed by atoms with Crippen LogP contribution in [0.4, 0.5) is 0 Å². The van der Waals surface area contributed by atoms with Crippen molar-refractivity contribution in [2.24, 2.45) is 0 Å². The Hall–Kier alpha value is -1.87. The van der Waals surface area contributed by atoms with Crippen molar-refractivity contribution in [2.45, 2.75) is 0 Å². The molecule has 17 heavy (non-hydrogen) atoms. The predicted octanol–water partition coefficient (Wildman–Crippen LogP) is 3.99. The second-order valence-corrected chi connectivity index (χ2v) is 4.28. The Morgan fingerprint density at radius 2 is 1.82 bits per heavy atom. The van der Waals surface area contributed by atoms with Crippen LogP contribution in [0.5, 0.6) is 5.88 Å². The highest BCUT2D eigenvalue weighted by molar-refractivity contribution is 7.17. The van der Waals surface area contributed by atoms with Gasteiger partial charge in [-0.25, -0.2) is 4.98 Å². The van der Waals surface area contributed by atoms with Gasteiger partial charge in [0.1, 0.15) is 0 Å². The van der Waals surface area contributed by atoms with E-state index in [4.69, 9.17) is 4.74 Å². The highest BCUT2D eigenvalue weighted by atomic mass is 32.1. The molecule has 0 aliphatic rings. The second kappa shape index (κ2) is 6.01. The molecule has 0 unspecified atom stereocenters. The molecule has 3 aromatic rings. The minimum Gasteiger partial charge on any atom is -0.481 e. The van der Waals surface area contributed by atoms with Crippen molar-refractivity contribution in [3.8, 4) is 5.88 Å². The first kappa shape index (κ1) is 11.6. The molecule has 3 heteroatoms. The molecule has 2 heterocycles. The molecule has 0 amide bonds. The lowest BCUT2D eigenvalue weighted by Gasteiger charge is -1.92. The monoisotopic (exact) mass is 243 g/mol. The summed E-state index contributed by atoms with van der Waals surface area (Å²) in [7, 11) is 1.60. The Kier molecular flexibility index (Phi) is 4.11. The molecule has 0 aliphatic carbocycles. The zero-order valence-corrected chi connectivity index (χ0v) is 10.4. The smallest absolute Gasteiger partial charge is 0.212 e. The molecule has 0 aliphatic heterocycles. The van der Waals surface area contributed by atoms with Crippen LogP contribution >= 0.6 is 11.3 Å².